The van der Waals surface area contributed by atoms with Crippen molar-refractivity contribution in [2.45, 2.75) is 41.5 Å². The molecule has 1 heterocycles. The molecule has 0 saturated carbocycles. The van der Waals surface area contributed by atoms with E-state index in [0.717, 1.165) is 11.5 Å². The van der Waals surface area contributed by atoms with Crippen LogP contribution in [0.3, 0.4) is 0 Å². The predicted octanol–water partition coefficient (Wildman–Crippen LogP) is 5.39. The van der Waals surface area contributed by atoms with E-state index in [1.807, 2.05) is 0 Å². The third-order valence-electron chi connectivity index (χ3n) is 4.18. The standard InChI is InChI=1S/C21H24N2/c1-13-7-14(2)11-19(10-13)21-22-18(6)12-23(21)20-16(4)8-15(3)9-17(20)5/h7-12H,1-6H3. The highest BCUT2D eigenvalue weighted by atomic mass is 15.1. The number of aryl methyl sites for hydroxylation is 6. The van der Waals surface area contributed by atoms with Gasteiger partial charge in [-0.25, -0.2) is 4.98 Å². The molecule has 1 aromatic heterocycles. The lowest BCUT2D eigenvalue weighted by molar-refractivity contribution is 1.03. The maximum absolute atomic E-state index is 4.81. The lowest BCUT2D eigenvalue weighted by Crippen LogP contribution is -2.02. The van der Waals surface area contributed by atoms with Crippen LogP contribution in [0.2, 0.25) is 0 Å². The third kappa shape index (κ3) is 2.94. The molecule has 0 atom stereocenters. The highest BCUT2D eigenvalue weighted by Crippen LogP contribution is 2.29. The molecule has 0 aliphatic heterocycles. The van der Waals surface area contributed by atoms with E-state index >= 15 is 0 Å². The quantitative estimate of drug-likeness (QED) is 0.620. The highest BCUT2D eigenvalue weighted by Gasteiger charge is 2.14. The molecule has 0 saturated heterocycles. The van der Waals surface area contributed by atoms with Crippen molar-refractivity contribution in [1.29, 1.82) is 0 Å². The minimum absolute atomic E-state index is 1.02. The van der Waals surface area contributed by atoms with Crippen LogP contribution < -0.4 is 0 Å². The van der Waals surface area contributed by atoms with E-state index in [1.165, 1.54) is 39.1 Å². The van der Waals surface area contributed by atoms with Gasteiger partial charge in [0.2, 0.25) is 0 Å². The lowest BCUT2D eigenvalue weighted by Gasteiger charge is -2.15. The molecule has 0 unspecified atom stereocenters. The minimum Gasteiger partial charge on any atom is -0.299 e. The average Bonchev–Trinajstić information content (AvgIpc) is 2.78. The lowest BCUT2D eigenvalue weighted by atomic mass is 10.0. The number of aromatic nitrogens is 2. The third-order valence-corrected chi connectivity index (χ3v) is 4.18. The summed E-state index contributed by atoms with van der Waals surface area (Å²) in [6, 6.07) is 11.1. The predicted molar refractivity (Wildman–Crippen MR) is 97.4 cm³/mol. The second-order valence-electron chi connectivity index (χ2n) is 6.70. The van der Waals surface area contributed by atoms with Crippen LogP contribution in [0.15, 0.2) is 36.5 Å². The van der Waals surface area contributed by atoms with Crippen LogP contribution in [0.1, 0.15) is 33.5 Å². The van der Waals surface area contributed by atoms with Crippen molar-refractivity contribution in [3.8, 4) is 17.1 Å². The number of rotatable bonds is 2. The molecule has 2 aromatic carbocycles. The second-order valence-corrected chi connectivity index (χ2v) is 6.70. The topological polar surface area (TPSA) is 17.8 Å². The summed E-state index contributed by atoms with van der Waals surface area (Å²) >= 11 is 0. The van der Waals surface area contributed by atoms with E-state index in [-0.39, 0.29) is 0 Å². The van der Waals surface area contributed by atoms with Gasteiger partial charge in [0.05, 0.1) is 11.4 Å². The summed E-state index contributed by atoms with van der Waals surface area (Å²) in [5.74, 6) is 1.02. The van der Waals surface area contributed by atoms with Crippen molar-refractivity contribution in [2.75, 3.05) is 0 Å². The zero-order valence-corrected chi connectivity index (χ0v) is 14.9. The molecule has 23 heavy (non-hydrogen) atoms. The van der Waals surface area contributed by atoms with Crippen LogP contribution in [-0.2, 0) is 0 Å². The molecular formula is C21H24N2. The van der Waals surface area contributed by atoms with E-state index in [9.17, 15) is 0 Å². The molecule has 0 spiro atoms. The van der Waals surface area contributed by atoms with Gasteiger partial charge in [-0.2, -0.15) is 0 Å². The number of nitrogens with zero attached hydrogens (tertiary/aromatic N) is 2. The molecule has 0 aliphatic carbocycles. The molecule has 0 radical (unpaired) electrons. The fourth-order valence-electron chi connectivity index (χ4n) is 3.53. The Morgan fingerprint density at radius 1 is 0.696 bits per heavy atom. The molecular weight excluding hydrogens is 280 g/mol. The molecule has 3 rings (SSSR count). The molecule has 0 N–H and O–H groups in total. The first-order valence-corrected chi connectivity index (χ1v) is 8.08. The van der Waals surface area contributed by atoms with Crippen molar-refractivity contribution in [1.82, 2.24) is 9.55 Å². The van der Waals surface area contributed by atoms with Crippen molar-refractivity contribution in [3.05, 3.63) is 70.0 Å². The van der Waals surface area contributed by atoms with Gasteiger partial charge in [-0.05, 0) is 64.8 Å². The van der Waals surface area contributed by atoms with Crippen molar-refractivity contribution in [2.24, 2.45) is 0 Å². The van der Waals surface area contributed by atoms with Crippen LogP contribution in [0.25, 0.3) is 17.1 Å². The van der Waals surface area contributed by atoms with E-state index in [1.54, 1.807) is 0 Å². The van der Waals surface area contributed by atoms with Gasteiger partial charge in [-0.3, -0.25) is 4.57 Å². The fraction of sp³-hybridized carbons (Fsp3) is 0.286. The Labute approximate surface area is 138 Å². The van der Waals surface area contributed by atoms with Gasteiger partial charge < -0.3 is 0 Å². The van der Waals surface area contributed by atoms with Crippen LogP contribution >= 0.6 is 0 Å². The van der Waals surface area contributed by atoms with Gasteiger partial charge in [0.1, 0.15) is 5.82 Å². The Morgan fingerprint density at radius 2 is 1.22 bits per heavy atom. The van der Waals surface area contributed by atoms with E-state index in [2.05, 4.69) is 82.6 Å². The van der Waals surface area contributed by atoms with Gasteiger partial charge in [-0.15, -0.1) is 0 Å². The molecule has 0 bridgehead atoms. The first-order valence-electron chi connectivity index (χ1n) is 8.08. The van der Waals surface area contributed by atoms with E-state index < -0.39 is 0 Å². The average molecular weight is 304 g/mol. The number of benzene rings is 2. The molecule has 2 heteroatoms. The van der Waals surface area contributed by atoms with Gasteiger partial charge in [0.15, 0.2) is 0 Å². The Bertz CT molecular complexity index is 842. The minimum atomic E-state index is 1.02. The van der Waals surface area contributed by atoms with Crippen LogP contribution in [-0.4, -0.2) is 9.55 Å². The van der Waals surface area contributed by atoms with Crippen LogP contribution in [0, 0.1) is 41.5 Å². The van der Waals surface area contributed by atoms with Gasteiger partial charge in [0.25, 0.3) is 0 Å². The summed E-state index contributed by atoms with van der Waals surface area (Å²) in [5, 5.41) is 0. The smallest absolute Gasteiger partial charge is 0.144 e. The largest absolute Gasteiger partial charge is 0.299 e. The number of hydrogen-bond donors (Lipinski definition) is 0. The van der Waals surface area contributed by atoms with E-state index in [4.69, 9.17) is 4.98 Å². The monoisotopic (exact) mass is 304 g/mol. The Kier molecular flexibility index (Phi) is 3.85. The Balaban J connectivity index is 2.27. The SMILES string of the molecule is Cc1cc(C)cc(-c2nc(C)cn2-c2c(C)cc(C)cc2C)c1. The van der Waals surface area contributed by atoms with E-state index in [0.29, 0.717) is 0 Å². The van der Waals surface area contributed by atoms with Crippen molar-refractivity contribution >= 4 is 0 Å². The fourth-order valence-corrected chi connectivity index (χ4v) is 3.53. The summed E-state index contributed by atoms with van der Waals surface area (Å²) < 4.78 is 2.24. The Morgan fingerprint density at radius 3 is 1.78 bits per heavy atom. The van der Waals surface area contributed by atoms with Crippen molar-refractivity contribution in [3.63, 3.8) is 0 Å². The summed E-state index contributed by atoms with van der Waals surface area (Å²) in [4.78, 5) is 4.81. The first kappa shape index (κ1) is 15.5. The normalized spacial score (nSPS) is 11.0. The van der Waals surface area contributed by atoms with Crippen LogP contribution in [0.4, 0.5) is 0 Å². The summed E-state index contributed by atoms with van der Waals surface area (Å²) in [6.07, 6.45) is 2.14. The summed E-state index contributed by atoms with van der Waals surface area (Å²) in [6.45, 7) is 12.8. The molecule has 0 aliphatic rings. The second kappa shape index (κ2) is 5.69. The molecule has 118 valence electrons. The van der Waals surface area contributed by atoms with Gasteiger partial charge >= 0.3 is 0 Å². The molecule has 3 aromatic rings. The maximum atomic E-state index is 4.81. The highest BCUT2D eigenvalue weighted by molar-refractivity contribution is 5.63. The zero-order valence-electron chi connectivity index (χ0n) is 14.9. The Hall–Kier alpha value is -2.35. The van der Waals surface area contributed by atoms with Gasteiger partial charge in [0, 0.05) is 11.8 Å². The first-order chi connectivity index (χ1) is 10.8. The molecule has 0 amide bonds. The number of hydrogen-bond acceptors (Lipinski definition) is 1. The zero-order chi connectivity index (χ0) is 16.7. The van der Waals surface area contributed by atoms with Crippen LogP contribution in [0.5, 0.6) is 0 Å². The summed E-state index contributed by atoms with van der Waals surface area (Å²) in [5.41, 5.74) is 9.86. The summed E-state index contributed by atoms with van der Waals surface area (Å²) in [7, 11) is 0. The molecule has 0 fully saturated rings. The van der Waals surface area contributed by atoms with Gasteiger partial charge in [-0.1, -0.05) is 34.9 Å². The van der Waals surface area contributed by atoms with Crippen molar-refractivity contribution < 1.29 is 0 Å². The number of imidazole rings is 1. The molecule has 2 nitrogen and oxygen atoms in total. The maximum Gasteiger partial charge on any atom is 0.144 e.